The van der Waals surface area contributed by atoms with Crippen LogP contribution in [0.15, 0.2) is 24.3 Å². The number of carboxylic acid groups (broad SMARTS) is 1. The van der Waals surface area contributed by atoms with Crippen LogP contribution in [-0.4, -0.2) is 23.0 Å². The number of rotatable bonds is 5. The van der Waals surface area contributed by atoms with Crippen molar-refractivity contribution in [2.45, 2.75) is 57.2 Å². The molecule has 4 bridgehead atoms. The van der Waals surface area contributed by atoms with Crippen LogP contribution in [0.1, 0.15) is 49.7 Å². The van der Waals surface area contributed by atoms with Crippen molar-refractivity contribution in [2.24, 2.45) is 23.2 Å². The molecular formula is C21H24F3NO3. The molecule has 0 heterocycles. The Labute approximate surface area is 161 Å². The van der Waals surface area contributed by atoms with Gasteiger partial charge in [0, 0.05) is 11.8 Å². The number of hydrogen-bond donors (Lipinski definition) is 2. The maximum atomic E-state index is 13.2. The van der Waals surface area contributed by atoms with Crippen molar-refractivity contribution in [1.82, 2.24) is 5.32 Å². The molecule has 1 amide bonds. The third-order valence-corrected chi connectivity index (χ3v) is 6.87. The Morgan fingerprint density at radius 3 is 2.11 bits per heavy atom. The summed E-state index contributed by atoms with van der Waals surface area (Å²) in [6.45, 7) is 0. The molecule has 28 heavy (non-hydrogen) atoms. The summed E-state index contributed by atoms with van der Waals surface area (Å²) >= 11 is 0. The zero-order valence-corrected chi connectivity index (χ0v) is 15.5. The lowest BCUT2D eigenvalue weighted by Crippen LogP contribution is -2.56. The van der Waals surface area contributed by atoms with Crippen LogP contribution in [0.5, 0.6) is 0 Å². The molecule has 0 aliphatic heterocycles. The average molecular weight is 395 g/mol. The summed E-state index contributed by atoms with van der Waals surface area (Å²) in [6, 6.07) is 3.56. The summed E-state index contributed by atoms with van der Waals surface area (Å²) < 4.78 is 39.7. The first-order valence-electron chi connectivity index (χ1n) is 9.85. The molecule has 152 valence electrons. The standard InChI is InChI=1S/C21H24F3NO3/c22-21(23,24)16-4-2-1-3-15(16)8-17(18(26)27)25-19(28)20-9-12-5-13(10-20)7-14(6-12)11-20/h1-4,12-14,17H,5-11H2,(H,25,28)(H,26,27)/t12?,13?,14?,17-,20?/m1/s1. The van der Waals surface area contributed by atoms with Crippen LogP contribution in [0.2, 0.25) is 0 Å². The number of carboxylic acids is 1. The Bertz CT molecular complexity index is 754. The minimum Gasteiger partial charge on any atom is -0.480 e. The van der Waals surface area contributed by atoms with Gasteiger partial charge in [0.15, 0.2) is 0 Å². The van der Waals surface area contributed by atoms with Gasteiger partial charge >= 0.3 is 12.1 Å². The molecule has 2 N–H and O–H groups in total. The normalized spacial score (nSPS) is 32.2. The zero-order chi connectivity index (χ0) is 20.1. The highest BCUT2D eigenvalue weighted by Gasteiger charge is 2.55. The molecule has 1 aromatic rings. The van der Waals surface area contributed by atoms with Crippen molar-refractivity contribution >= 4 is 11.9 Å². The number of alkyl halides is 3. The third kappa shape index (κ3) is 3.51. The number of hydrogen-bond acceptors (Lipinski definition) is 2. The highest BCUT2D eigenvalue weighted by molar-refractivity contribution is 5.88. The maximum Gasteiger partial charge on any atom is 0.416 e. The molecule has 4 aliphatic carbocycles. The van der Waals surface area contributed by atoms with E-state index < -0.39 is 29.2 Å². The molecule has 4 saturated carbocycles. The first-order chi connectivity index (χ1) is 13.2. The molecule has 0 unspecified atom stereocenters. The highest BCUT2D eigenvalue weighted by Crippen LogP contribution is 2.60. The number of nitrogens with one attached hydrogen (secondary N) is 1. The summed E-state index contributed by atoms with van der Waals surface area (Å²) in [5, 5.41) is 12.2. The summed E-state index contributed by atoms with van der Waals surface area (Å²) in [5.74, 6) is -0.0396. The SMILES string of the molecule is O=C(O)[C@@H](Cc1ccccc1C(F)(F)F)NC(=O)C12CC3CC(CC(C3)C1)C2. The van der Waals surface area contributed by atoms with Crippen LogP contribution in [0.3, 0.4) is 0 Å². The molecule has 0 aromatic heterocycles. The first-order valence-corrected chi connectivity index (χ1v) is 9.85. The van der Waals surface area contributed by atoms with Crippen molar-refractivity contribution < 1.29 is 27.9 Å². The van der Waals surface area contributed by atoms with Gasteiger partial charge in [0.05, 0.1) is 5.56 Å². The van der Waals surface area contributed by atoms with E-state index >= 15 is 0 Å². The van der Waals surface area contributed by atoms with Crippen LogP contribution in [0.25, 0.3) is 0 Å². The Morgan fingerprint density at radius 1 is 1.07 bits per heavy atom. The molecule has 4 nitrogen and oxygen atoms in total. The maximum absolute atomic E-state index is 13.2. The number of amides is 1. The second-order valence-electron chi connectivity index (χ2n) is 8.92. The van der Waals surface area contributed by atoms with E-state index in [2.05, 4.69) is 5.32 Å². The van der Waals surface area contributed by atoms with E-state index in [1.165, 1.54) is 18.2 Å². The predicted molar refractivity (Wildman–Crippen MR) is 95.3 cm³/mol. The summed E-state index contributed by atoms with van der Waals surface area (Å²) in [4.78, 5) is 24.8. The molecule has 7 heteroatoms. The van der Waals surface area contributed by atoms with Gasteiger partial charge < -0.3 is 10.4 Å². The van der Waals surface area contributed by atoms with E-state index in [9.17, 15) is 27.9 Å². The second kappa shape index (κ2) is 6.78. The van der Waals surface area contributed by atoms with Crippen molar-refractivity contribution in [1.29, 1.82) is 0 Å². The fourth-order valence-electron chi connectivity index (χ4n) is 6.09. The monoisotopic (exact) mass is 395 g/mol. The second-order valence-corrected chi connectivity index (χ2v) is 8.92. The minimum atomic E-state index is -4.57. The highest BCUT2D eigenvalue weighted by atomic mass is 19.4. The summed E-state index contributed by atoms with van der Waals surface area (Å²) in [6.07, 6.45) is 0.811. The lowest BCUT2D eigenvalue weighted by atomic mass is 9.49. The van der Waals surface area contributed by atoms with Gasteiger partial charge in [0.1, 0.15) is 6.04 Å². The van der Waals surface area contributed by atoms with Crippen molar-refractivity contribution in [3.05, 3.63) is 35.4 Å². The van der Waals surface area contributed by atoms with Gasteiger partial charge in [0.2, 0.25) is 5.91 Å². The summed E-state index contributed by atoms with van der Waals surface area (Å²) in [7, 11) is 0. The Hall–Kier alpha value is -2.05. The van der Waals surface area contributed by atoms with Gasteiger partial charge in [-0.05, 0) is 67.9 Å². The smallest absolute Gasteiger partial charge is 0.416 e. The lowest BCUT2D eigenvalue weighted by Gasteiger charge is -2.55. The van der Waals surface area contributed by atoms with Crippen LogP contribution in [0, 0.1) is 23.2 Å². The van der Waals surface area contributed by atoms with E-state index in [0.29, 0.717) is 17.8 Å². The fourth-order valence-corrected chi connectivity index (χ4v) is 6.09. The van der Waals surface area contributed by atoms with Crippen molar-refractivity contribution in [3.63, 3.8) is 0 Å². The van der Waals surface area contributed by atoms with E-state index in [1.807, 2.05) is 0 Å². The van der Waals surface area contributed by atoms with Gasteiger partial charge in [-0.2, -0.15) is 13.2 Å². The van der Waals surface area contributed by atoms with Gasteiger partial charge in [-0.25, -0.2) is 4.79 Å². The van der Waals surface area contributed by atoms with Crippen LogP contribution < -0.4 is 5.32 Å². The largest absolute Gasteiger partial charge is 0.480 e. The average Bonchev–Trinajstić information content (AvgIpc) is 2.59. The third-order valence-electron chi connectivity index (χ3n) is 6.87. The van der Waals surface area contributed by atoms with E-state index in [-0.39, 0.29) is 17.9 Å². The van der Waals surface area contributed by atoms with Crippen LogP contribution in [-0.2, 0) is 22.2 Å². The van der Waals surface area contributed by atoms with E-state index in [4.69, 9.17) is 0 Å². The predicted octanol–water partition coefficient (Wildman–Crippen LogP) is 4.03. The lowest BCUT2D eigenvalue weighted by molar-refractivity contribution is -0.151. The van der Waals surface area contributed by atoms with Gasteiger partial charge in [0.25, 0.3) is 0 Å². The quantitative estimate of drug-likeness (QED) is 0.791. The number of aliphatic carboxylic acids is 1. The van der Waals surface area contributed by atoms with Crippen molar-refractivity contribution in [3.8, 4) is 0 Å². The molecule has 4 fully saturated rings. The van der Waals surface area contributed by atoms with Gasteiger partial charge in [-0.1, -0.05) is 18.2 Å². The van der Waals surface area contributed by atoms with Gasteiger partial charge in [-0.15, -0.1) is 0 Å². The molecule has 4 aliphatic rings. The molecule has 0 radical (unpaired) electrons. The number of carbonyl (C=O) groups excluding carboxylic acids is 1. The summed E-state index contributed by atoms with van der Waals surface area (Å²) in [5.41, 5.74) is -1.51. The van der Waals surface area contributed by atoms with E-state index in [0.717, 1.165) is 44.6 Å². The molecule has 1 aromatic carbocycles. The fraction of sp³-hybridized carbons (Fsp3) is 0.619. The first kappa shape index (κ1) is 19.3. The Morgan fingerprint density at radius 2 is 1.61 bits per heavy atom. The Balaban J connectivity index is 1.53. The van der Waals surface area contributed by atoms with E-state index in [1.54, 1.807) is 0 Å². The van der Waals surface area contributed by atoms with Crippen molar-refractivity contribution in [2.75, 3.05) is 0 Å². The number of halogens is 3. The molecule has 0 spiro atoms. The molecule has 0 saturated heterocycles. The minimum absolute atomic E-state index is 0.117. The molecular weight excluding hydrogens is 371 g/mol. The van der Waals surface area contributed by atoms with Crippen LogP contribution >= 0.6 is 0 Å². The number of benzene rings is 1. The molecule has 1 atom stereocenters. The molecule has 5 rings (SSSR count). The van der Waals surface area contributed by atoms with Gasteiger partial charge in [-0.3, -0.25) is 4.79 Å². The van der Waals surface area contributed by atoms with Crippen LogP contribution in [0.4, 0.5) is 13.2 Å². The Kier molecular flexibility index (Phi) is 4.67. The number of carbonyl (C=O) groups is 2. The zero-order valence-electron chi connectivity index (χ0n) is 15.5. The topological polar surface area (TPSA) is 66.4 Å².